The second kappa shape index (κ2) is 9.38. The number of ether oxygens (including phenoxy) is 1. The van der Waals surface area contributed by atoms with E-state index in [0.29, 0.717) is 0 Å². The Kier molecular flexibility index (Phi) is 6.36. The van der Waals surface area contributed by atoms with Crippen LogP contribution >= 0.6 is 0 Å². The van der Waals surface area contributed by atoms with Gasteiger partial charge in [-0.25, -0.2) is 9.59 Å². The average molecular weight is 463 g/mol. The number of carboxylic acid groups (broad SMARTS) is 1. The zero-order valence-electron chi connectivity index (χ0n) is 19.2. The highest BCUT2D eigenvalue weighted by molar-refractivity contribution is 6.02. The number of aliphatic carboxylic acids is 1. The molecule has 9 heteroatoms. The number of rotatable bonds is 7. The van der Waals surface area contributed by atoms with E-state index in [1.54, 1.807) is 14.0 Å². The summed E-state index contributed by atoms with van der Waals surface area (Å²) in [6, 6.07) is 15.1. The van der Waals surface area contributed by atoms with Gasteiger partial charge < -0.3 is 14.7 Å². The Morgan fingerprint density at radius 2 is 1.71 bits per heavy atom. The number of aryl methyl sites for hydroxylation is 1. The zero-order valence-corrected chi connectivity index (χ0v) is 19.2. The van der Waals surface area contributed by atoms with Gasteiger partial charge >= 0.3 is 12.1 Å². The molecule has 4 rings (SSSR count). The summed E-state index contributed by atoms with van der Waals surface area (Å²) >= 11 is 0. The van der Waals surface area contributed by atoms with Crippen LogP contribution < -0.4 is 5.32 Å². The molecule has 176 valence electrons. The number of benzene rings is 2. The molecule has 9 nitrogen and oxygen atoms in total. The Morgan fingerprint density at radius 3 is 2.26 bits per heavy atom. The van der Waals surface area contributed by atoms with Gasteiger partial charge in [0.25, 0.3) is 5.91 Å². The van der Waals surface area contributed by atoms with Gasteiger partial charge in [-0.1, -0.05) is 55.5 Å². The number of carboxylic acids is 1. The molecule has 0 aliphatic heterocycles. The van der Waals surface area contributed by atoms with Crippen molar-refractivity contribution in [3.63, 3.8) is 0 Å². The van der Waals surface area contributed by atoms with Gasteiger partial charge in [0.2, 0.25) is 0 Å². The third-order valence-electron chi connectivity index (χ3n) is 6.07. The van der Waals surface area contributed by atoms with Gasteiger partial charge in [0.1, 0.15) is 12.6 Å². The molecule has 0 saturated heterocycles. The molecule has 1 aromatic heterocycles. The van der Waals surface area contributed by atoms with E-state index in [4.69, 9.17) is 4.74 Å². The molecule has 0 saturated carbocycles. The van der Waals surface area contributed by atoms with Crippen molar-refractivity contribution in [3.05, 3.63) is 71.5 Å². The third-order valence-corrected chi connectivity index (χ3v) is 6.07. The number of nitrogens with one attached hydrogen (secondary N) is 1. The highest BCUT2D eigenvalue weighted by Crippen LogP contribution is 2.44. The molecule has 0 radical (unpaired) electrons. The lowest BCUT2D eigenvalue weighted by atomic mass is 9.98. The summed E-state index contributed by atoms with van der Waals surface area (Å²) in [5.74, 6) is -1.82. The van der Waals surface area contributed by atoms with Gasteiger partial charge in [0.05, 0.1) is 5.69 Å². The van der Waals surface area contributed by atoms with Crippen LogP contribution in [-0.4, -0.2) is 57.5 Å². The summed E-state index contributed by atoms with van der Waals surface area (Å²) in [6.07, 6.45) is 0.987. The van der Waals surface area contributed by atoms with Crippen LogP contribution in [0.1, 0.15) is 40.9 Å². The lowest BCUT2D eigenvalue weighted by Gasteiger charge is -2.23. The highest BCUT2D eigenvalue weighted by Gasteiger charge is 2.31. The molecule has 1 aliphatic carbocycles. The molecule has 1 atom stereocenters. The monoisotopic (exact) mass is 462 g/mol. The standard InChI is InChI=1S/C25H26N4O5/c1-4-21(24(31)32)29(3)23(30)22-20(13-28(2)27-22)26-25(33)34-14-19-17-11-7-5-9-15(17)16-10-6-8-12-18(16)19/h5-13,19,21H,4,14H2,1-3H3,(H,26,33)(H,31,32). The molecule has 0 spiro atoms. The van der Waals surface area contributed by atoms with Gasteiger partial charge in [-0.3, -0.25) is 14.8 Å². The van der Waals surface area contributed by atoms with E-state index >= 15 is 0 Å². The number of amides is 2. The predicted octanol–water partition coefficient (Wildman–Crippen LogP) is 3.72. The number of fused-ring (bicyclic) bond motifs is 3. The summed E-state index contributed by atoms with van der Waals surface area (Å²) < 4.78 is 6.93. The third kappa shape index (κ3) is 4.24. The highest BCUT2D eigenvalue weighted by atomic mass is 16.5. The van der Waals surface area contributed by atoms with E-state index in [9.17, 15) is 19.5 Å². The summed E-state index contributed by atoms with van der Waals surface area (Å²) in [4.78, 5) is 38.1. The summed E-state index contributed by atoms with van der Waals surface area (Å²) in [6.45, 7) is 1.80. The van der Waals surface area contributed by atoms with Crippen molar-refractivity contribution in [2.75, 3.05) is 19.0 Å². The number of hydrogen-bond acceptors (Lipinski definition) is 5. The van der Waals surface area contributed by atoms with E-state index in [1.807, 2.05) is 36.4 Å². The molecule has 0 bridgehead atoms. The number of hydrogen-bond donors (Lipinski definition) is 2. The number of carbonyl (C=O) groups excluding carboxylic acids is 2. The minimum Gasteiger partial charge on any atom is -0.480 e. The number of carbonyl (C=O) groups is 3. The van der Waals surface area contributed by atoms with E-state index in [0.717, 1.165) is 27.2 Å². The first-order chi connectivity index (χ1) is 16.3. The van der Waals surface area contributed by atoms with Crippen molar-refractivity contribution in [3.8, 4) is 11.1 Å². The van der Waals surface area contributed by atoms with Crippen molar-refractivity contribution in [1.82, 2.24) is 14.7 Å². The SMILES string of the molecule is CCC(C(=O)O)N(C)C(=O)c1nn(C)cc1NC(=O)OCC1c2ccccc2-c2ccccc21. The summed E-state index contributed by atoms with van der Waals surface area (Å²) in [5.41, 5.74) is 4.53. The summed E-state index contributed by atoms with van der Waals surface area (Å²) in [7, 11) is 3.00. The second-order valence-corrected chi connectivity index (χ2v) is 8.19. The molecule has 1 heterocycles. The lowest BCUT2D eigenvalue weighted by Crippen LogP contribution is -2.42. The van der Waals surface area contributed by atoms with Crippen molar-refractivity contribution >= 4 is 23.7 Å². The van der Waals surface area contributed by atoms with Gasteiger partial charge in [-0.15, -0.1) is 0 Å². The van der Waals surface area contributed by atoms with Crippen LogP contribution in [-0.2, 0) is 16.6 Å². The molecular formula is C25H26N4O5. The quantitative estimate of drug-likeness (QED) is 0.553. The molecule has 1 unspecified atom stereocenters. The molecule has 3 aromatic rings. The zero-order chi connectivity index (χ0) is 24.4. The number of anilines is 1. The minimum absolute atomic E-state index is 0.0572. The van der Waals surface area contributed by atoms with Crippen LogP contribution in [0.3, 0.4) is 0 Å². The molecule has 34 heavy (non-hydrogen) atoms. The van der Waals surface area contributed by atoms with Crippen LogP contribution in [0.4, 0.5) is 10.5 Å². The van der Waals surface area contributed by atoms with E-state index < -0.39 is 24.0 Å². The molecule has 1 aliphatic rings. The number of likely N-dealkylation sites (N-methyl/N-ethyl adjacent to an activating group) is 1. The smallest absolute Gasteiger partial charge is 0.411 e. The fraction of sp³-hybridized carbons (Fsp3) is 0.280. The Hall–Kier alpha value is -4.14. The molecule has 2 amide bonds. The second-order valence-electron chi connectivity index (χ2n) is 8.19. The molecule has 2 aromatic carbocycles. The predicted molar refractivity (Wildman–Crippen MR) is 126 cm³/mol. The van der Waals surface area contributed by atoms with E-state index in [-0.39, 0.29) is 30.3 Å². The van der Waals surface area contributed by atoms with Crippen molar-refractivity contribution in [2.24, 2.45) is 7.05 Å². The van der Waals surface area contributed by atoms with Gasteiger partial charge in [0, 0.05) is 26.2 Å². The maximum Gasteiger partial charge on any atom is 0.411 e. The molecular weight excluding hydrogens is 436 g/mol. The van der Waals surface area contributed by atoms with Gasteiger partial charge in [-0.2, -0.15) is 5.10 Å². The maximum absolute atomic E-state index is 12.9. The van der Waals surface area contributed by atoms with Gasteiger partial charge in [-0.05, 0) is 28.7 Å². The van der Waals surface area contributed by atoms with E-state index in [1.165, 1.54) is 17.9 Å². The lowest BCUT2D eigenvalue weighted by molar-refractivity contribution is -0.142. The van der Waals surface area contributed by atoms with Crippen LogP contribution in [0.25, 0.3) is 11.1 Å². The molecule has 2 N–H and O–H groups in total. The van der Waals surface area contributed by atoms with Crippen molar-refractivity contribution < 1.29 is 24.2 Å². The van der Waals surface area contributed by atoms with Crippen LogP contribution in [0, 0.1) is 0 Å². The molecule has 0 fully saturated rings. The average Bonchev–Trinajstić information content (AvgIpc) is 3.34. The Bertz CT molecular complexity index is 1210. The first kappa shape index (κ1) is 23.0. The first-order valence-corrected chi connectivity index (χ1v) is 11.0. The van der Waals surface area contributed by atoms with Crippen molar-refractivity contribution in [1.29, 1.82) is 0 Å². The Morgan fingerprint density at radius 1 is 1.12 bits per heavy atom. The fourth-order valence-corrected chi connectivity index (χ4v) is 4.41. The van der Waals surface area contributed by atoms with Crippen LogP contribution in [0.2, 0.25) is 0 Å². The van der Waals surface area contributed by atoms with Gasteiger partial charge in [0.15, 0.2) is 5.69 Å². The minimum atomic E-state index is -1.11. The normalized spacial score (nSPS) is 13.0. The first-order valence-electron chi connectivity index (χ1n) is 11.0. The van der Waals surface area contributed by atoms with E-state index in [2.05, 4.69) is 22.5 Å². The van der Waals surface area contributed by atoms with Crippen LogP contribution in [0.5, 0.6) is 0 Å². The number of aromatic nitrogens is 2. The maximum atomic E-state index is 12.9. The largest absolute Gasteiger partial charge is 0.480 e. The fourth-order valence-electron chi connectivity index (χ4n) is 4.41. The van der Waals surface area contributed by atoms with Crippen molar-refractivity contribution in [2.45, 2.75) is 25.3 Å². The van der Waals surface area contributed by atoms with Crippen LogP contribution in [0.15, 0.2) is 54.7 Å². The summed E-state index contributed by atoms with van der Waals surface area (Å²) in [5, 5.41) is 16.1. The Labute approximate surface area is 196 Å². The number of nitrogens with zero attached hydrogens (tertiary/aromatic N) is 3. The Balaban J connectivity index is 1.48. The topological polar surface area (TPSA) is 114 Å².